The van der Waals surface area contributed by atoms with Gasteiger partial charge in [-0.25, -0.2) is 0 Å². The van der Waals surface area contributed by atoms with Gasteiger partial charge in [-0.3, -0.25) is 9.69 Å². The number of fused-ring (bicyclic) bond motifs is 1. The maximum Gasteiger partial charge on any atom is 0.235 e. The molecule has 26 heavy (non-hydrogen) atoms. The number of hydrogen-bond acceptors (Lipinski definition) is 3. The highest BCUT2D eigenvalue weighted by Crippen LogP contribution is 2.24. The van der Waals surface area contributed by atoms with Crippen molar-refractivity contribution in [3.05, 3.63) is 70.8 Å². The third kappa shape index (κ3) is 4.12. The van der Waals surface area contributed by atoms with Crippen LogP contribution in [0.15, 0.2) is 48.5 Å². The topological polar surface area (TPSA) is 56.1 Å². The molecule has 4 nitrogen and oxygen atoms in total. The lowest BCUT2D eigenvalue weighted by molar-refractivity contribution is -0.122. The quantitative estimate of drug-likeness (QED) is 0.918. The maximum absolute atomic E-state index is 12.4. The first kappa shape index (κ1) is 18.2. The van der Waals surface area contributed by atoms with E-state index in [1.807, 2.05) is 36.4 Å². The van der Waals surface area contributed by atoms with E-state index >= 15 is 0 Å². The van der Waals surface area contributed by atoms with Crippen LogP contribution in [0, 0.1) is 11.3 Å². The second-order valence-electron chi connectivity index (χ2n) is 7.92. The molecule has 0 spiro atoms. The summed E-state index contributed by atoms with van der Waals surface area (Å²) in [4.78, 5) is 14.5. The zero-order valence-electron chi connectivity index (χ0n) is 15.6. The Morgan fingerprint density at radius 3 is 2.19 bits per heavy atom. The molecule has 3 rings (SSSR count). The predicted octanol–water partition coefficient (Wildman–Crippen LogP) is 3.68. The van der Waals surface area contributed by atoms with Crippen molar-refractivity contribution in [2.45, 2.75) is 45.3 Å². The predicted molar refractivity (Wildman–Crippen MR) is 102 cm³/mol. The fourth-order valence-electron chi connectivity index (χ4n) is 3.29. The van der Waals surface area contributed by atoms with Crippen LogP contribution in [0.25, 0.3) is 0 Å². The molecule has 1 amide bonds. The van der Waals surface area contributed by atoms with Crippen LogP contribution in [0.1, 0.15) is 49.1 Å². The fraction of sp³-hybridized carbons (Fsp3) is 0.364. The van der Waals surface area contributed by atoms with E-state index in [2.05, 4.69) is 49.2 Å². The molecule has 134 valence electrons. The molecule has 1 heterocycles. The molecule has 0 aliphatic carbocycles. The van der Waals surface area contributed by atoms with Crippen LogP contribution in [0.2, 0.25) is 0 Å². The number of carbonyl (C=O) groups excluding carboxylic acids is 1. The Labute approximate surface area is 155 Å². The number of nitrogens with one attached hydrogen (secondary N) is 1. The summed E-state index contributed by atoms with van der Waals surface area (Å²) in [6, 6.07) is 17.7. The van der Waals surface area contributed by atoms with Crippen molar-refractivity contribution in [2.24, 2.45) is 0 Å². The summed E-state index contributed by atoms with van der Waals surface area (Å²) >= 11 is 0. The van der Waals surface area contributed by atoms with Gasteiger partial charge in [0.2, 0.25) is 5.91 Å². The summed E-state index contributed by atoms with van der Waals surface area (Å²) in [5.74, 6) is -0.121. The largest absolute Gasteiger partial charge is 0.336 e. The summed E-state index contributed by atoms with van der Waals surface area (Å²) in [5.41, 5.74) is 4.64. The van der Waals surface area contributed by atoms with E-state index in [4.69, 9.17) is 0 Å². The van der Waals surface area contributed by atoms with Gasteiger partial charge in [0, 0.05) is 13.1 Å². The van der Waals surface area contributed by atoms with Crippen LogP contribution >= 0.6 is 0 Å². The minimum Gasteiger partial charge on any atom is -0.336 e. The van der Waals surface area contributed by atoms with E-state index in [-0.39, 0.29) is 11.3 Å². The highest BCUT2D eigenvalue weighted by Gasteiger charge is 2.22. The molecule has 1 aliphatic heterocycles. The number of hydrogen-bond donors (Lipinski definition) is 1. The highest BCUT2D eigenvalue weighted by molar-refractivity contribution is 5.79. The molecule has 1 N–H and O–H groups in total. The Morgan fingerprint density at radius 1 is 1.12 bits per heavy atom. The monoisotopic (exact) mass is 347 g/mol. The summed E-state index contributed by atoms with van der Waals surface area (Å²) in [7, 11) is 0. The van der Waals surface area contributed by atoms with Crippen LogP contribution in [0.3, 0.4) is 0 Å². The summed E-state index contributed by atoms with van der Waals surface area (Å²) in [6.07, 6.45) is 0. The highest BCUT2D eigenvalue weighted by atomic mass is 16.2. The zero-order chi connectivity index (χ0) is 18.7. The van der Waals surface area contributed by atoms with Gasteiger partial charge in [-0.05, 0) is 27.7 Å². The molecule has 0 fully saturated rings. The normalized spacial score (nSPS) is 15.2. The molecule has 2 aromatic rings. The maximum atomic E-state index is 12.4. The van der Waals surface area contributed by atoms with Gasteiger partial charge >= 0.3 is 0 Å². The lowest BCUT2D eigenvalue weighted by Gasteiger charge is -2.20. The van der Waals surface area contributed by atoms with Crippen LogP contribution in [-0.4, -0.2) is 17.4 Å². The van der Waals surface area contributed by atoms with Gasteiger partial charge in [0.05, 0.1) is 12.6 Å². The molecule has 1 atom stereocenters. The van der Waals surface area contributed by atoms with Gasteiger partial charge in [-0.1, -0.05) is 69.3 Å². The van der Waals surface area contributed by atoms with Gasteiger partial charge in [0.25, 0.3) is 0 Å². The van der Waals surface area contributed by atoms with E-state index < -0.39 is 6.04 Å². The molecule has 0 saturated carbocycles. The molecule has 0 bridgehead atoms. The van der Waals surface area contributed by atoms with Crippen LogP contribution in [-0.2, 0) is 23.3 Å². The summed E-state index contributed by atoms with van der Waals surface area (Å²) < 4.78 is 0. The van der Waals surface area contributed by atoms with Gasteiger partial charge in [0.1, 0.15) is 6.04 Å². The van der Waals surface area contributed by atoms with Crippen molar-refractivity contribution in [1.29, 1.82) is 5.26 Å². The lowest BCUT2D eigenvalue weighted by atomic mass is 9.86. The average Bonchev–Trinajstić information content (AvgIpc) is 3.01. The van der Waals surface area contributed by atoms with E-state index in [0.29, 0.717) is 6.54 Å². The smallest absolute Gasteiger partial charge is 0.235 e. The van der Waals surface area contributed by atoms with Crippen LogP contribution < -0.4 is 5.32 Å². The standard InChI is InChI=1S/C22H25N3O/c1-22(2,3)19-10-8-16(9-11-19)20(12-23)24-21(26)15-25-13-17-6-4-5-7-18(17)14-25/h4-11,20H,13-15H2,1-3H3,(H,24,26)/t20-/m1/s1. The van der Waals surface area contributed by atoms with Crippen molar-refractivity contribution >= 4 is 5.91 Å². The van der Waals surface area contributed by atoms with E-state index in [0.717, 1.165) is 18.7 Å². The first-order chi connectivity index (χ1) is 12.4. The van der Waals surface area contributed by atoms with Crippen molar-refractivity contribution in [3.63, 3.8) is 0 Å². The Hall–Kier alpha value is -2.64. The molecular formula is C22H25N3O. The third-order valence-electron chi connectivity index (χ3n) is 4.82. The first-order valence-electron chi connectivity index (χ1n) is 8.95. The molecule has 1 aliphatic rings. The number of rotatable bonds is 4. The number of nitrogens with zero attached hydrogens (tertiary/aromatic N) is 2. The fourth-order valence-corrected chi connectivity index (χ4v) is 3.29. The molecule has 0 aromatic heterocycles. The van der Waals surface area contributed by atoms with Crippen molar-refractivity contribution in [1.82, 2.24) is 10.2 Å². The number of carbonyl (C=O) groups is 1. The minimum absolute atomic E-state index is 0.0642. The van der Waals surface area contributed by atoms with Gasteiger partial charge in [-0.2, -0.15) is 5.26 Å². The first-order valence-corrected chi connectivity index (χ1v) is 8.95. The number of benzene rings is 2. The number of nitriles is 1. The summed E-state index contributed by atoms with van der Waals surface area (Å²) in [6.45, 7) is 8.31. The summed E-state index contributed by atoms with van der Waals surface area (Å²) in [5, 5.41) is 12.3. The van der Waals surface area contributed by atoms with E-state index in [1.54, 1.807) is 0 Å². The van der Waals surface area contributed by atoms with Crippen LogP contribution in [0.5, 0.6) is 0 Å². The second-order valence-corrected chi connectivity index (χ2v) is 7.92. The Balaban J connectivity index is 1.60. The van der Waals surface area contributed by atoms with Crippen molar-refractivity contribution in [2.75, 3.05) is 6.54 Å². The molecule has 0 saturated heterocycles. The SMILES string of the molecule is CC(C)(C)c1ccc([C@@H](C#N)NC(=O)CN2Cc3ccccc3C2)cc1. The molecule has 4 heteroatoms. The second kappa shape index (κ2) is 7.31. The Bertz CT molecular complexity index is 803. The van der Waals surface area contributed by atoms with Gasteiger partial charge in [0.15, 0.2) is 0 Å². The van der Waals surface area contributed by atoms with Crippen molar-refractivity contribution in [3.8, 4) is 6.07 Å². The van der Waals surface area contributed by atoms with Crippen molar-refractivity contribution < 1.29 is 4.79 Å². The minimum atomic E-state index is -0.624. The van der Waals surface area contributed by atoms with E-state index in [1.165, 1.54) is 16.7 Å². The zero-order valence-corrected chi connectivity index (χ0v) is 15.6. The van der Waals surface area contributed by atoms with Gasteiger partial charge < -0.3 is 5.32 Å². The molecule has 0 unspecified atom stereocenters. The molecule has 0 radical (unpaired) electrons. The third-order valence-corrected chi connectivity index (χ3v) is 4.82. The van der Waals surface area contributed by atoms with E-state index in [9.17, 15) is 10.1 Å². The number of amides is 1. The molecule has 2 aromatic carbocycles. The molecular weight excluding hydrogens is 322 g/mol. The van der Waals surface area contributed by atoms with Gasteiger partial charge in [-0.15, -0.1) is 0 Å². The Kier molecular flexibility index (Phi) is 5.11. The Morgan fingerprint density at radius 2 is 1.69 bits per heavy atom. The average molecular weight is 347 g/mol. The lowest BCUT2D eigenvalue weighted by Crippen LogP contribution is -2.36. The van der Waals surface area contributed by atoms with Crippen LogP contribution in [0.4, 0.5) is 0 Å².